The first-order valence-corrected chi connectivity index (χ1v) is 16.7. The second-order valence-electron chi connectivity index (χ2n) is 11.6. The molecule has 0 bridgehead atoms. The first kappa shape index (κ1) is 37.7. The van der Waals surface area contributed by atoms with Crippen LogP contribution in [0.1, 0.15) is 49.5 Å². The maximum atomic E-state index is 12.9. The molecule has 49 heavy (non-hydrogen) atoms. The molecule has 4 aromatic rings. The molecule has 1 amide bonds. The van der Waals surface area contributed by atoms with Crippen molar-refractivity contribution in [3.8, 4) is 11.6 Å². The van der Waals surface area contributed by atoms with Gasteiger partial charge in [-0.05, 0) is 69.7 Å². The number of hydrogen-bond donors (Lipinski definition) is 0. The number of alkyl halides is 3. The van der Waals surface area contributed by atoms with Crippen LogP contribution in [0.15, 0.2) is 47.8 Å². The van der Waals surface area contributed by atoms with Gasteiger partial charge in [0.25, 0.3) is 0 Å². The molecule has 0 aliphatic carbocycles. The molecule has 2 heterocycles. The third kappa shape index (κ3) is 11.0. The lowest BCUT2D eigenvalue weighted by Gasteiger charge is -2.27. The molecule has 0 atom stereocenters. The Morgan fingerprint density at radius 2 is 1.76 bits per heavy atom. The van der Waals surface area contributed by atoms with Gasteiger partial charge in [0.15, 0.2) is 5.16 Å². The van der Waals surface area contributed by atoms with Crippen LogP contribution in [0.4, 0.5) is 18.0 Å². The highest BCUT2D eigenvalue weighted by Crippen LogP contribution is 2.32. The second kappa shape index (κ2) is 16.5. The van der Waals surface area contributed by atoms with Crippen LogP contribution in [-0.4, -0.2) is 83.6 Å². The van der Waals surface area contributed by atoms with E-state index in [1.165, 1.54) is 35.9 Å². The van der Waals surface area contributed by atoms with Gasteiger partial charge in [0.05, 0.1) is 29.8 Å². The zero-order valence-corrected chi connectivity index (χ0v) is 29.1. The summed E-state index contributed by atoms with van der Waals surface area (Å²) in [7, 11) is 1.31. The van der Waals surface area contributed by atoms with E-state index in [-0.39, 0.29) is 30.7 Å². The van der Waals surface area contributed by atoms with Gasteiger partial charge in [-0.2, -0.15) is 0 Å². The van der Waals surface area contributed by atoms with Gasteiger partial charge in [-0.15, -0.1) is 13.2 Å². The van der Waals surface area contributed by atoms with Crippen molar-refractivity contribution in [1.82, 2.24) is 19.9 Å². The number of ether oxygens (including phenoxy) is 5. The predicted octanol–water partition coefficient (Wildman–Crippen LogP) is 7.85. The number of methoxy groups -OCH3 is 1. The summed E-state index contributed by atoms with van der Waals surface area (Å²) in [5.74, 6) is -0.740. The second-order valence-corrected chi connectivity index (χ2v) is 12.8. The average molecular weight is 725 g/mol. The molecule has 0 saturated heterocycles. The molecular weight excluding hydrogens is 689 g/mol. The molecule has 0 radical (unpaired) electrons. The van der Waals surface area contributed by atoms with E-state index in [4.69, 9.17) is 30.5 Å². The smallest absolute Gasteiger partial charge is 0.474 e. The highest BCUT2D eigenvalue weighted by Gasteiger charge is 2.32. The van der Waals surface area contributed by atoms with E-state index in [0.717, 1.165) is 16.8 Å². The maximum absolute atomic E-state index is 12.9. The highest BCUT2D eigenvalue weighted by atomic mass is 35.5. The minimum atomic E-state index is -4.88. The van der Waals surface area contributed by atoms with E-state index in [9.17, 15) is 22.8 Å². The molecule has 264 valence electrons. The number of fused-ring (bicyclic) bond motifs is 3. The van der Waals surface area contributed by atoms with Crippen LogP contribution in [0.3, 0.4) is 0 Å². The molecule has 11 nitrogen and oxygen atoms in total. The number of rotatable bonds is 14. The van der Waals surface area contributed by atoms with E-state index in [2.05, 4.69) is 19.7 Å². The number of pyridine rings is 1. The third-order valence-corrected chi connectivity index (χ3v) is 7.62. The Bertz CT molecular complexity index is 1790. The predicted molar refractivity (Wildman–Crippen MR) is 178 cm³/mol. The van der Waals surface area contributed by atoms with Crippen LogP contribution in [0.25, 0.3) is 21.8 Å². The van der Waals surface area contributed by atoms with Gasteiger partial charge >= 0.3 is 18.4 Å². The van der Waals surface area contributed by atoms with E-state index >= 15 is 0 Å². The summed E-state index contributed by atoms with van der Waals surface area (Å²) in [4.78, 5) is 40.1. The van der Waals surface area contributed by atoms with Crippen molar-refractivity contribution in [1.29, 1.82) is 0 Å². The number of thioether (sulfide) groups is 1. The summed E-state index contributed by atoms with van der Waals surface area (Å²) in [6.45, 7) is 6.35. The van der Waals surface area contributed by atoms with Crippen molar-refractivity contribution in [3.05, 3.63) is 58.7 Å². The molecule has 0 spiro atoms. The fourth-order valence-electron chi connectivity index (χ4n) is 4.62. The lowest BCUT2D eigenvalue weighted by atomic mass is 10.1. The number of carbonyl (C=O) groups excluding carboxylic acids is 2. The van der Waals surface area contributed by atoms with Gasteiger partial charge in [0.1, 0.15) is 23.5 Å². The Hall–Kier alpha value is -4.08. The molecule has 2 aromatic heterocycles. The fraction of sp³-hybridized carbons (Fsp3) is 0.424. The average Bonchev–Trinajstić information content (AvgIpc) is 3.04. The van der Waals surface area contributed by atoms with E-state index in [1.54, 1.807) is 45.2 Å². The number of benzene rings is 2. The van der Waals surface area contributed by atoms with Crippen molar-refractivity contribution >= 4 is 57.2 Å². The molecule has 0 unspecified atom stereocenters. The van der Waals surface area contributed by atoms with E-state index in [1.807, 2.05) is 6.26 Å². The molecule has 2 aromatic carbocycles. The molecule has 0 aliphatic rings. The number of aromatic nitrogens is 3. The van der Waals surface area contributed by atoms with Gasteiger partial charge in [-0.3, -0.25) is 0 Å². The number of halogens is 4. The van der Waals surface area contributed by atoms with Gasteiger partial charge < -0.3 is 28.6 Å². The van der Waals surface area contributed by atoms with Gasteiger partial charge in [0, 0.05) is 36.7 Å². The first-order chi connectivity index (χ1) is 23.2. The summed E-state index contributed by atoms with van der Waals surface area (Å²) >= 11 is 7.39. The number of hydrogen-bond acceptors (Lipinski definition) is 11. The third-order valence-electron chi connectivity index (χ3n) is 6.76. The molecule has 0 fully saturated rings. The van der Waals surface area contributed by atoms with E-state index in [0.29, 0.717) is 53.3 Å². The Morgan fingerprint density at radius 3 is 2.43 bits per heavy atom. The minimum Gasteiger partial charge on any atom is -0.474 e. The standard InChI is InChI=1S/C33H36ClF3N4O7S/c1-32(2,3)48-31(43)41(19-20-8-11-26(24(34)16-20)47-33(35,36)37)12-6-7-13-45-14-15-46-28-27-23(18-38-30(40-27)49-5)22-10-9-21(29(42)44-4)17-25(22)39-28/h8-11,16-18H,6-7,12-15,19H2,1-5H3. The molecular formula is C33H36ClF3N4O7S. The minimum absolute atomic E-state index is 0.0608. The zero-order valence-electron chi connectivity index (χ0n) is 27.6. The normalized spacial score (nSPS) is 11.9. The molecule has 0 N–H and O–H groups in total. The van der Waals surface area contributed by atoms with Crippen LogP contribution < -0.4 is 9.47 Å². The van der Waals surface area contributed by atoms with E-state index < -0.39 is 29.8 Å². The van der Waals surface area contributed by atoms with Gasteiger partial charge in [-0.1, -0.05) is 35.5 Å². The Labute approximate surface area is 290 Å². The number of carbonyl (C=O) groups is 2. The Morgan fingerprint density at radius 1 is 0.980 bits per heavy atom. The largest absolute Gasteiger partial charge is 0.573 e. The van der Waals surface area contributed by atoms with Crippen LogP contribution in [0.2, 0.25) is 5.02 Å². The molecule has 0 aliphatic heterocycles. The number of unbranched alkanes of at least 4 members (excludes halogenated alkanes) is 1. The monoisotopic (exact) mass is 724 g/mol. The quantitative estimate of drug-likeness (QED) is 0.0415. The topological polar surface area (TPSA) is 122 Å². The maximum Gasteiger partial charge on any atom is 0.573 e. The lowest BCUT2D eigenvalue weighted by Crippen LogP contribution is -2.37. The molecule has 16 heteroatoms. The number of amides is 1. The van der Waals surface area contributed by atoms with Crippen molar-refractivity contribution in [2.24, 2.45) is 0 Å². The summed E-state index contributed by atoms with van der Waals surface area (Å²) in [5.41, 5.74) is 1.15. The zero-order chi connectivity index (χ0) is 35.8. The highest BCUT2D eigenvalue weighted by molar-refractivity contribution is 7.98. The first-order valence-electron chi connectivity index (χ1n) is 15.1. The Kier molecular flexibility index (Phi) is 12.7. The number of esters is 1. The lowest BCUT2D eigenvalue weighted by molar-refractivity contribution is -0.274. The number of nitrogens with zero attached hydrogens (tertiary/aromatic N) is 4. The molecule has 0 saturated carbocycles. The van der Waals surface area contributed by atoms with Crippen LogP contribution in [0.5, 0.6) is 11.6 Å². The van der Waals surface area contributed by atoms with Gasteiger partial charge in [-0.25, -0.2) is 24.5 Å². The summed E-state index contributed by atoms with van der Waals surface area (Å²) in [5, 5.41) is 1.80. The fourth-order valence-corrected chi connectivity index (χ4v) is 5.20. The van der Waals surface area contributed by atoms with Gasteiger partial charge in [0.2, 0.25) is 5.88 Å². The summed E-state index contributed by atoms with van der Waals surface area (Å²) in [6, 6.07) is 8.89. The van der Waals surface area contributed by atoms with Crippen molar-refractivity contribution in [2.45, 2.75) is 57.3 Å². The SMILES string of the molecule is COC(=O)c1ccc2c(c1)nc(OCCOCCCCN(Cc1ccc(OC(F)(F)F)c(Cl)c1)C(=O)OC(C)(C)C)c1nc(SC)ncc12. The van der Waals surface area contributed by atoms with Crippen LogP contribution >= 0.6 is 23.4 Å². The Balaban J connectivity index is 1.33. The van der Waals surface area contributed by atoms with Crippen LogP contribution in [0, 0.1) is 0 Å². The van der Waals surface area contributed by atoms with Crippen LogP contribution in [-0.2, 0) is 20.8 Å². The molecule has 4 rings (SSSR count). The van der Waals surface area contributed by atoms with Crippen molar-refractivity contribution in [3.63, 3.8) is 0 Å². The summed E-state index contributed by atoms with van der Waals surface area (Å²) in [6.07, 6.45) is -0.744. The summed E-state index contributed by atoms with van der Waals surface area (Å²) < 4.78 is 63.9. The van der Waals surface area contributed by atoms with Crippen molar-refractivity contribution in [2.75, 3.05) is 39.7 Å². The van der Waals surface area contributed by atoms with Crippen molar-refractivity contribution < 1.29 is 46.4 Å².